The predicted molar refractivity (Wildman–Crippen MR) is 74.8 cm³/mol. The van der Waals surface area contributed by atoms with Crippen molar-refractivity contribution in [2.45, 2.75) is 18.8 Å². The summed E-state index contributed by atoms with van der Waals surface area (Å²) in [7, 11) is 0.138. The van der Waals surface area contributed by atoms with Gasteiger partial charge in [-0.05, 0) is 24.7 Å². The zero-order valence-electron chi connectivity index (χ0n) is 11.5. The van der Waals surface area contributed by atoms with Crippen LogP contribution in [0.4, 0.5) is 0 Å². The zero-order valence-corrected chi connectivity index (χ0v) is 12.3. The van der Waals surface area contributed by atoms with Gasteiger partial charge in [0.1, 0.15) is 12.2 Å². The summed E-state index contributed by atoms with van der Waals surface area (Å²) in [6.45, 7) is 0.692. The Morgan fingerprint density at radius 1 is 1.35 bits per heavy atom. The Hall–Kier alpha value is -1.31. The van der Waals surface area contributed by atoms with Crippen molar-refractivity contribution in [2.75, 3.05) is 25.7 Å². The largest absolute Gasteiger partial charge is 0.493 e. The maximum absolute atomic E-state index is 11.5. The van der Waals surface area contributed by atoms with Crippen LogP contribution in [0.25, 0.3) is 0 Å². The minimum absolute atomic E-state index is 0.171. The highest BCUT2D eigenvalue weighted by Gasteiger charge is 2.38. The van der Waals surface area contributed by atoms with E-state index < -0.39 is 22.0 Å². The number of sulfone groups is 1. The first-order chi connectivity index (χ1) is 9.45. The molecule has 112 valence electrons. The van der Waals surface area contributed by atoms with Crippen LogP contribution in [0.1, 0.15) is 5.56 Å². The summed E-state index contributed by atoms with van der Waals surface area (Å²) in [5.41, 5.74) is 1.02. The topological polar surface area (TPSA) is 84.9 Å². The molecule has 7 heteroatoms. The lowest BCUT2D eigenvalue weighted by Crippen LogP contribution is -2.29. The summed E-state index contributed by atoms with van der Waals surface area (Å²) >= 11 is 0. The molecule has 0 radical (unpaired) electrons. The number of rotatable bonds is 5. The smallest absolute Gasteiger partial charge is 0.161 e. The third-order valence-corrected chi connectivity index (χ3v) is 4.85. The van der Waals surface area contributed by atoms with E-state index in [9.17, 15) is 13.5 Å². The van der Waals surface area contributed by atoms with E-state index in [2.05, 4.69) is 5.32 Å². The van der Waals surface area contributed by atoms with Crippen molar-refractivity contribution in [1.82, 2.24) is 5.32 Å². The molecule has 0 bridgehead atoms. The maximum atomic E-state index is 11.5. The lowest BCUT2D eigenvalue weighted by Gasteiger charge is -2.18. The molecule has 0 spiro atoms. The second-order valence-electron chi connectivity index (χ2n) is 4.82. The molecular weight excluding hydrogens is 282 g/mol. The van der Waals surface area contributed by atoms with E-state index in [0.29, 0.717) is 18.0 Å². The Bertz CT molecular complexity index is 572. The van der Waals surface area contributed by atoms with Crippen LogP contribution in [-0.2, 0) is 16.4 Å². The Labute approximate surface area is 118 Å². The number of aliphatic hydroxyl groups excluding tert-OH is 1. The summed E-state index contributed by atoms with van der Waals surface area (Å²) in [5, 5.41) is 12.8. The molecule has 1 aliphatic rings. The third-order valence-electron chi connectivity index (χ3n) is 3.16. The average Bonchev–Trinajstić information content (AvgIpc) is 2.64. The molecule has 1 saturated heterocycles. The minimum atomic E-state index is -3.23. The van der Waals surface area contributed by atoms with Crippen molar-refractivity contribution in [1.29, 1.82) is 0 Å². The van der Waals surface area contributed by atoms with Crippen molar-refractivity contribution in [3.05, 3.63) is 23.8 Å². The van der Waals surface area contributed by atoms with Gasteiger partial charge >= 0.3 is 0 Å². The highest BCUT2D eigenvalue weighted by Crippen LogP contribution is 2.31. The Morgan fingerprint density at radius 3 is 2.65 bits per heavy atom. The molecule has 1 aromatic rings. The fourth-order valence-electron chi connectivity index (χ4n) is 2.20. The van der Waals surface area contributed by atoms with Gasteiger partial charge < -0.3 is 19.9 Å². The van der Waals surface area contributed by atoms with Gasteiger partial charge in [-0.15, -0.1) is 0 Å². The third kappa shape index (κ3) is 3.41. The monoisotopic (exact) mass is 301 g/mol. The number of hydrogen-bond acceptors (Lipinski definition) is 6. The molecule has 0 aliphatic carbocycles. The maximum Gasteiger partial charge on any atom is 0.161 e. The standard InChI is InChI=1S/C13H19NO5S/c1-14-6-9-3-4-11(12(5-9)18-2)19-13-8-20(16,17)7-10(13)15/h3-5,10,13-15H,6-8H2,1-2H3. The first-order valence-electron chi connectivity index (χ1n) is 6.32. The molecule has 6 nitrogen and oxygen atoms in total. The van der Waals surface area contributed by atoms with Crippen molar-refractivity contribution in [3.8, 4) is 11.5 Å². The van der Waals surface area contributed by atoms with Gasteiger partial charge in [-0.25, -0.2) is 8.42 Å². The minimum Gasteiger partial charge on any atom is -0.493 e. The molecule has 0 aromatic heterocycles. The fraction of sp³-hybridized carbons (Fsp3) is 0.538. The van der Waals surface area contributed by atoms with E-state index in [1.165, 1.54) is 7.11 Å². The molecule has 1 aliphatic heterocycles. The number of hydrogen-bond donors (Lipinski definition) is 2. The van der Waals surface area contributed by atoms with E-state index in [-0.39, 0.29) is 11.5 Å². The van der Waals surface area contributed by atoms with Gasteiger partial charge in [-0.1, -0.05) is 6.07 Å². The van der Waals surface area contributed by atoms with Crippen LogP contribution >= 0.6 is 0 Å². The zero-order chi connectivity index (χ0) is 14.8. The Kier molecular flexibility index (Phi) is 4.52. The lowest BCUT2D eigenvalue weighted by molar-refractivity contribution is 0.0718. The van der Waals surface area contributed by atoms with Crippen LogP contribution in [0, 0.1) is 0 Å². The Balaban J connectivity index is 2.17. The molecule has 0 amide bonds. The molecule has 2 rings (SSSR count). The highest BCUT2D eigenvalue weighted by atomic mass is 32.2. The molecule has 1 aromatic carbocycles. The van der Waals surface area contributed by atoms with Gasteiger partial charge in [0.05, 0.1) is 18.6 Å². The predicted octanol–water partition coefficient (Wildman–Crippen LogP) is -0.0487. The van der Waals surface area contributed by atoms with Gasteiger partial charge in [-0.3, -0.25) is 0 Å². The summed E-state index contributed by atoms with van der Waals surface area (Å²) < 4.78 is 33.8. The molecule has 0 saturated carbocycles. The van der Waals surface area contributed by atoms with Gasteiger partial charge in [-0.2, -0.15) is 0 Å². The molecule has 1 heterocycles. The molecule has 20 heavy (non-hydrogen) atoms. The summed E-state index contributed by atoms with van der Waals surface area (Å²) in [6.07, 6.45) is -1.74. The van der Waals surface area contributed by atoms with E-state index >= 15 is 0 Å². The van der Waals surface area contributed by atoms with Crippen molar-refractivity contribution < 1.29 is 23.0 Å². The average molecular weight is 301 g/mol. The first-order valence-corrected chi connectivity index (χ1v) is 8.14. The summed E-state index contributed by atoms with van der Waals surface area (Å²) in [6, 6.07) is 5.41. The van der Waals surface area contributed by atoms with Gasteiger partial charge in [0.15, 0.2) is 21.3 Å². The van der Waals surface area contributed by atoms with Gasteiger partial charge in [0, 0.05) is 6.54 Å². The van der Waals surface area contributed by atoms with E-state index in [0.717, 1.165) is 5.56 Å². The van der Waals surface area contributed by atoms with Crippen LogP contribution in [0.15, 0.2) is 18.2 Å². The molecule has 2 N–H and O–H groups in total. The van der Waals surface area contributed by atoms with Crippen molar-refractivity contribution in [2.24, 2.45) is 0 Å². The second-order valence-corrected chi connectivity index (χ2v) is 6.97. The van der Waals surface area contributed by atoms with Crippen LogP contribution in [0.3, 0.4) is 0 Å². The quantitative estimate of drug-likeness (QED) is 0.793. The molecular formula is C13H19NO5S. The summed E-state index contributed by atoms with van der Waals surface area (Å²) in [4.78, 5) is 0. The SMILES string of the molecule is CNCc1ccc(OC2CS(=O)(=O)CC2O)c(OC)c1. The van der Waals surface area contributed by atoms with Gasteiger partial charge in [0.2, 0.25) is 0 Å². The lowest BCUT2D eigenvalue weighted by atomic mass is 10.2. The van der Waals surface area contributed by atoms with Crippen LogP contribution in [0.2, 0.25) is 0 Å². The highest BCUT2D eigenvalue weighted by molar-refractivity contribution is 7.91. The van der Waals surface area contributed by atoms with E-state index in [4.69, 9.17) is 9.47 Å². The molecule has 2 atom stereocenters. The van der Waals surface area contributed by atoms with E-state index in [1.807, 2.05) is 19.2 Å². The second kappa shape index (κ2) is 5.99. The number of aliphatic hydroxyl groups is 1. The number of methoxy groups -OCH3 is 1. The summed E-state index contributed by atoms with van der Waals surface area (Å²) in [5.74, 6) is 0.538. The van der Waals surface area contributed by atoms with Crippen LogP contribution in [-0.4, -0.2) is 51.4 Å². The van der Waals surface area contributed by atoms with E-state index in [1.54, 1.807) is 6.07 Å². The normalized spacial score (nSPS) is 24.6. The van der Waals surface area contributed by atoms with Crippen molar-refractivity contribution >= 4 is 9.84 Å². The molecule has 1 fully saturated rings. The van der Waals surface area contributed by atoms with Gasteiger partial charge in [0.25, 0.3) is 0 Å². The van der Waals surface area contributed by atoms with Crippen molar-refractivity contribution in [3.63, 3.8) is 0 Å². The number of ether oxygens (including phenoxy) is 2. The fourth-order valence-corrected chi connectivity index (χ4v) is 3.86. The number of nitrogens with one attached hydrogen (secondary N) is 1. The molecule has 2 unspecified atom stereocenters. The number of benzene rings is 1. The van der Waals surface area contributed by atoms with Crippen LogP contribution in [0.5, 0.6) is 11.5 Å². The van der Waals surface area contributed by atoms with Crippen LogP contribution < -0.4 is 14.8 Å². The first kappa shape index (κ1) is 15.1. The Morgan fingerprint density at radius 2 is 2.10 bits per heavy atom.